The van der Waals surface area contributed by atoms with Crippen LogP contribution in [0.4, 0.5) is 0 Å². The molecule has 0 spiro atoms. The van der Waals surface area contributed by atoms with Gasteiger partial charge in [-0.3, -0.25) is 0 Å². The van der Waals surface area contributed by atoms with E-state index in [-0.39, 0.29) is 0 Å². The molecule has 0 saturated heterocycles. The average molecular weight is 468 g/mol. The van der Waals surface area contributed by atoms with Gasteiger partial charge in [0.05, 0.1) is 10.9 Å². The molecule has 1 N–H and O–H groups in total. The average Bonchev–Trinajstić information content (AvgIpc) is 2.82. The molecule has 0 amide bonds. The Kier molecular flexibility index (Phi) is 7.11. The summed E-state index contributed by atoms with van der Waals surface area (Å²) >= 11 is 0. The fraction of sp³-hybridized carbons (Fsp3) is 0.133. The molecule has 4 aromatic rings. The number of rotatable bonds is 7. The second-order valence-electron chi connectivity index (χ2n) is 8.57. The van der Waals surface area contributed by atoms with E-state index in [1.54, 1.807) is 0 Å². The van der Waals surface area contributed by atoms with E-state index in [2.05, 4.69) is 10.8 Å². The summed E-state index contributed by atoms with van der Waals surface area (Å²) in [5.41, 5.74) is 6.24. The van der Waals surface area contributed by atoms with Crippen molar-refractivity contribution in [1.29, 1.82) is 0 Å². The first kappa shape index (κ1) is 23.7. The van der Waals surface area contributed by atoms with Gasteiger partial charge in [0, 0.05) is 0 Å². The molecule has 34 heavy (non-hydrogen) atoms. The monoisotopic (exact) mass is 467 g/mol. The highest BCUT2D eigenvalue weighted by molar-refractivity contribution is 7.89. The third kappa shape index (κ3) is 5.36. The van der Waals surface area contributed by atoms with E-state index in [4.69, 9.17) is 0 Å². The predicted octanol–water partition coefficient (Wildman–Crippen LogP) is 6.87. The smallest absolute Gasteiger partial charge is 0.207 e. The summed E-state index contributed by atoms with van der Waals surface area (Å²) in [6.45, 7) is 5.68. The topological polar surface area (TPSA) is 46.2 Å². The van der Waals surface area contributed by atoms with Crippen molar-refractivity contribution < 1.29 is 8.42 Å². The van der Waals surface area contributed by atoms with Gasteiger partial charge in [-0.25, -0.2) is 8.42 Å². The first-order chi connectivity index (χ1) is 16.3. The molecule has 0 aliphatic rings. The largest absolute Gasteiger partial charge is 0.241 e. The molecule has 172 valence electrons. The Bertz CT molecular complexity index is 1370. The van der Waals surface area contributed by atoms with Gasteiger partial charge in [0.2, 0.25) is 10.0 Å². The summed E-state index contributed by atoms with van der Waals surface area (Å²) in [5, 5.41) is 0. The van der Waals surface area contributed by atoms with E-state index in [0.717, 1.165) is 39.0 Å². The fourth-order valence-electron chi connectivity index (χ4n) is 4.45. The Morgan fingerprint density at radius 2 is 1.24 bits per heavy atom. The lowest BCUT2D eigenvalue weighted by atomic mass is 9.92. The maximum atomic E-state index is 13.8. The van der Waals surface area contributed by atoms with Crippen LogP contribution in [0.2, 0.25) is 0 Å². The van der Waals surface area contributed by atoms with Gasteiger partial charge in [0.15, 0.2) is 0 Å². The summed E-state index contributed by atoms with van der Waals surface area (Å²) in [5.74, 6) is 0. The molecular weight excluding hydrogens is 438 g/mol. The summed E-state index contributed by atoms with van der Waals surface area (Å²) in [6.07, 6.45) is 2.06. The lowest BCUT2D eigenvalue weighted by Crippen LogP contribution is -2.30. The van der Waals surface area contributed by atoms with E-state index < -0.39 is 16.1 Å². The van der Waals surface area contributed by atoms with Crippen molar-refractivity contribution in [3.63, 3.8) is 0 Å². The third-order valence-electron chi connectivity index (χ3n) is 5.82. The van der Waals surface area contributed by atoms with Crippen LogP contribution in [0.5, 0.6) is 0 Å². The molecule has 0 aliphatic heterocycles. The minimum absolute atomic E-state index is 0.339. The van der Waals surface area contributed by atoms with Crippen LogP contribution in [-0.2, 0) is 10.0 Å². The molecule has 4 aromatic carbocycles. The molecule has 0 bridgehead atoms. The maximum absolute atomic E-state index is 13.8. The van der Waals surface area contributed by atoms with Gasteiger partial charge in [-0.1, -0.05) is 109 Å². The van der Waals surface area contributed by atoms with Gasteiger partial charge in [-0.05, 0) is 60.2 Å². The van der Waals surface area contributed by atoms with E-state index in [1.165, 1.54) is 0 Å². The number of sulfonamides is 1. The molecule has 4 heteroatoms. The molecule has 1 atom stereocenters. The van der Waals surface area contributed by atoms with Gasteiger partial charge in [-0.15, -0.1) is 0 Å². The first-order valence-electron chi connectivity index (χ1n) is 11.3. The number of aryl methyl sites for hydroxylation is 3. The van der Waals surface area contributed by atoms with Crippen molar-refractivity contribution in [1.82, 2.24) is 4.72 Å². The van der Waals surface area contributed by atoms with Crippen molar-refractivity contribution in [2.75, 3.05) is 0 Å². The fourth-order valence-corrected chi connectivity index (χ4v) is 6.11. The molecule has 0 aliphatic carbocycles. The van der Waals surface area contributed by atoms with Gasteiger partial charge in [0.25, 0.3) is 0 Å². The molecule has 0 radical (unpaired) electrons. The van der Waals surface area contributed by atoms with Crippen molar-refractivity contribution >= 4 is 21.7 Å². The minimum Gasteiger partial charge on any atom is -0.207 e. The van der Waals surface area contributed by atoms with Crippen LogP contribution >= 0.6 is 0 Å². The third-order valence-corrected chi connectivity index (χ3v) is 7.55. The van der Waals surface area contributed by atoms with Crippen LogP contribution in [0.3, 0.4) is 0 Å². The highest BCUT2D eigenvalue weighted by Crippen LogP contribution is 2.34. The maximum Gasteiger partial charge on any atom is 0.241 e. The second kappa shape index (κ2) is 10.2. The second-order valence-corrected chi connectivity index (χ2v) is 10.2. The van der Waals surface area contributed by atoms with Crippen molar-refractivity contribution in [2.24, 2.45) is 0 Å². The number of hydrogen-bond donors (Lipinski definition) is 1. The normalized spacial score (nSPS) is 13.0. The van der Waals surface area contributed by atoms with Gasteiger partial charge in [0.1, 0.15) is 0 Å². The molecule has 0 saturated carbocycles. The van der Waals surface area contributed by atoms with E-state index >= 15 is 0 Å². The van der Waals surface area contributed by atoms with E-state index in [9.17, 15) is 8.42 Å². The number of hydrogen-bond acceptors (Lipinski definition) is 2. The Morgan fingerprint density at radius 1 is 0.735 bits per heavy atom. The quantitative estimate of drug-likeness (QED) is 0.301. The lowest BCUT2D eigenvalue weighted by molar-refractivity contribution is 0.574. The zero-order chi connectivity index (χ0) is 24.1. The lowest BCUT2D eigenvalue weighted by Gasteiger charge is -2.24. The van der Waals surface area contributed by atoms with Crippen LogP contribution in [-0.4, -0.2) is 8.42 Å². The molecule has 0 aromatic heterocycles. The summed E-state index contributed by atoms with van der Waals surface area (Å²) < 4.78 is 30.7. The van der Waals surface area contributed by atoms with Crippen LogP contribution in [0.1, 0.15) is 39.4 Å². The molecule has 4 rings (SSSR count). The standard InChI is InChI=1S/C30H29NO2S/c1-22-19-23(2)30(24(3)20-22)34(32,33)31-29(27-17-11-6-12-18-27)28(26-15-9-5-10-16-26)21-25-13-7-4-8-14-25/h4-21,29,31H,1-3H3/b28-21+. The van der Waals surface area contributed by atoms with Crippen LogP contribution in [0.15, 0.2) is 108 Å². The Balaban J connectivity index is 1.90. The Hall–Kier alpha value is -3.47. The minimum atomic E-state index is -3.82. The van der Waals surface area contributed by atoms with Crippen molar-refractivity contribution in [3.05, 3.63) is 137 Å². The Morgan fingerprint density at radius 3 is 1.79 bits per heavy atom. The van der Waals surface area contributed by atoms with Crippen LogP contribution in [0.25, 0.3) is 11.6 Å². The Labute approximate surface area is 202 Å². The SMILES string of the molecule is Cc1cc(C)c(S(=O)(=O)NC(/C(=C/c2ccccc2)c2ccccc2)c2ccccc2)c(C)c1. The molecule has 0 fully saturated rings. The first-order valence-corrected chi connectivity index (χ1v) is 12.8. The number of benzene rings is 4. The highest BCUT2D eigenvalue weighted by atomic mass is 32.2. The zero-order valence-corrected chi connectivity index (χ0v) is 20.5. The predicted molar refractivity (Wildman–Crippen MR) is 141 cm³/mol. The summed E-state index contributed by atoms with van der Waals surface area (Å²) in [7, 11) is -3.82. The van der Waals surface area contributed by atoms with Crippen molar-refractivity contribution in [2.45, 2.75) is 31.7 Å². The van der Waals surface area contributed by atoms with Crippen molar-refractivity contribution in [3.8, 4) is 0 Å². The van der Waals surface area contributed by atoms with Gasteiger partial charge < -0.3 is 0 Å². The zero-order valence-electron chi connectivity index (χ0n) is 19.7. The molecule has 1 unspecified atom stereocenters. The highest BCUT2D eigenvalue weighted by Gasteiger charge is 2.27. The van der Waals surface area contributed by atoms with Gasteiger partial charge >= 0.3 is 0 Å². The summed E-state index contributed by atoms with van der Waals surface area (Å²) in [6, 6.07) is 32.9. The van der Waals surface area contributed by atoms with Crippen LogP contribution < -0.4 is 4.72 Å². The van der Waals surface area contributed by atoms with Gasteiger partial charge in [-0.2, -0.15) is 4.72 Å². The van der Waals surface area contributed by atoms with E-state index in [1.807, 2.05) is 124 Å². The summed E-state index contributed by atoms with van der Waals surface area (Å²) in [4.78, 5) is 0.339. The number of nitrogens with one attached hydrogen (secondary N) is 1. The molecular formula is C30H29NO2S. The van der Waals surface area contributed by atoms with Crippen LogP contribution in [0, 0.1) is 20.8 Å². The molecule has 0 heterocycles. The molecule has 3 nitrogen and oxygen atoms in total. The van der Waals surface area contributed by atoms with E-state index in [0.29, 0.717) is 4.90 Å².